The Kier molecular flexibility index (Phi) is 1.74. The summed E-state index contributed by atoms with van der Waals surface area (Å²) >= 11 is 0. The SMILES string of the molecule is O=c1ccc2c(O)c3ccccc3oc-2c1. The molecule has 2 aliphatic rings. The summed E-state index contributed by atoms with van der Waals surface area (Å²) in [7, 11) is 0. The highest BCUT2D eigenvalue weighted by Gasteiger charge is 2.13. The molecule has 1 aliphatic heterocycles. The molecule has 1 heterocycles. The molecule has 0 saturated heterocycles. The number of aromatic hydroxyl groups is 1. The summed E-state index contributed by atoms with van der Waals surface area (Å²) < 4.78 is 5.55. The van der Waals surface area contributed by atoms with Gasteiger partial charge in [0.2, 0.25) is 0 Å². The van der Waals surface area contributed by atoms with Crippen LogP contribution in [-0.4, -0.2) is 5.11 Å². The second-order valence-electron chi connectivity index (χ2n) is 3.60. The van der Waals surface area contributed by atoms with Gasteiger partial charge < -0.3 is 9.52 Å². The third-order valence-electron chi connectivity index (χ3n) is 2.57. The molecule has 0 bridgehead atoms. The molecule has 3 heteroatoms. The van der Waals surface area contributed by atoms with Crippen molar-refractivity contribution >= 4 is 11.0 Å². The van der Waals surface area contributed by atoms with Gasteiger partial charge in [0.05, 0.1) is 10.9 Å². The van der Waals surface area contributed by atoms with Gasteiger partial charge >= 0.3 is 0 Å². The maximum Gasteiger partial charge on any atom is 0.182 e. The quantitative estimate of drug-likeness (QED) is 0.583. The van der Waals surface area contributed by atoms with Gasteiger partial charge in [-0.25, -0.2) is 0 Å². The van der Waals surface area contributed by atoms with Crippen molar-refractivity contribution in [1.82, 2.24) is 0 Å². The van der Waals surface area contributed by atoms with Crippen LogP contribution in [0.5, 0.6) is 5.75 Å². The number of rotatable bonds is 0. The van der Waals surface area contributed by atoms with Crippen molar-refractivity contribution in [3.05, 3.63) is 52.7 Å². The molecule has 1 N–H and O–H groups in total. The molecule has 0 unspecified atom stereocenters. The Labute approximate surface area is 90.9 Å². The Bertz CT molecular complexity index is 697. The second kappa shape index (κ2) is 3.10. The predicted octanol–water partition coefficient (Wildman–Crippen LogP) is 2.60. The van der Waals surface area contributed by atoms with Gasteiger partial charge in [-0.2, -0.15) is 0 Å². The topological polar surface area (TPSA) is 50.4 Å². The molecule has 0 saturated carbocycles. The fourth-order valence-corrected chi connectivity index (χ4v) is 1.80. The zero-order chi connectivity index (χ0) is 11.1. The molecule has 0 radical (unpaired) electrons. The highest BCUT2D eigenvalue weighted by atomic mass is 16.3. The van der Waals surface area contributed by atoms with Crippen molar-refractivity contribution < 1.29 is 9.52 Å². The number of benzene rings is 2. The van der Waals surface area contributed by atoms with Crippen LogP contribution in [-0.2, 0) is 0 Å². The summed E-state index contributed by atoms with van der Waals surface area (Å²) in [5, 5.41) is 10.7. The lowest BCUT2D eigenvalue weighted by Gasteiger charge is -2.09. The van der Waals surface area contributed by atoms with Crippen LogP contribution >= 0.6 is 0 Å². The van der Waals surface area contributed by atoms with Crippen molar-refractivity contribution in [2.24, 2.45) is 0 Å². The van der Waals surface area contributed by atoms with Crippen molar-refractivity contribution in [2.45, 2.75) is 0 Å². The first-order chi connectivity index (χ1) is 7.75. The fourth-order valence-electron chi connectivity index (χ4n) is 1.80. The summed E-state index contributed by atoms with van der Waals surface area (Å²) in [5.74, 6) is 0.556. The largest absolute Gasteiger partial charge is 0.506 e. The Balaban J connectivity index is 2.56. The fraction of sp³-hybridized carbons (Fsp3) is 0. The Morgan fingerprint density at radius 3 is 2.75 bits per heavy atom. The first-order valence-electron chi connectivity index (χ1n) is 4.90. The van der Waals surface area contributed by atoms with Crippen LogP contribution in [0, 0.1) is 0 Å². The molecule has 0 atom stereocenters. The first kappa shape index (κ1) is 8.97. The van der Waals surface area contributed by atoms with Gasteiger partial charge in [-0.1, -0.05) is 12.1 Å². The van der Waals surface area contributed by atoms with E-state index in [-0.39, 0.29) is 11.2 Å². The van der Waals surface area contributed by atoms with E-state index in [1.807, 2.05) is 12.1 Å². The summed E-state index contributed by atoms with van der Waals surface area (Å²) in [6.45, 7) is 0. The molecule has 0 fully saturated rings. The van der Waals surface area contributed by atoms with E-state index >= 15 is 0 Å². The van der Waals surface area contributed by atoms with E-state index in [0.717, 1.165) is 0 Å². The van der Waals surface area contributed by atoms with Crippen LogP contribution in [0.2, 0.25) is 0 Å². The lowest BCUT2D eigenvalue weighted by atomic mass is 10.1. The highest BCUT2D eigenvalue weighted by Crippen LogP contribution is 2.37. The second-order valence-corrected chi connectivity index (χ2v) is 3.60. The van der Waals surface area contributed by atoms with Gasteiger partial charge in [0.25, 0.3) is 0 Å². The lowest BCUT2D eigenvalue weighted by molar-refractivity contribution is 0.476. The minimum Gasteiger partial charge on any atom is -0.506 e. The molecule has 1 aromatic rings. The molecule has 1 aromatic carbocycles. The first-order valence-corrected chi connectivity index (χ1v) is 4.90. The summed E-state index contributed by atoms with van der Waals surface area (Å²) in [4.78, 5) is 11.2. The average molecular weight is 212 g/mol. The highest BCUT2D eigenvalue weighted by molar-refractivity contribution is 5.90. The van der Waals surface area contributed by atoms with E-state index in [2.05, 4.69) is 0 Å². The molecule has 3 rings (SSSR count). The van der Waals surface area contributed by atoms with Crippen molar-refractivity contribution in [3.63, 3.8) is 0 Å². The van der Waals surface area contributed by atoms with Crippen LogP contribution in [0.1, 0.15) is 0 Å². The maximum atomic E-state index is 11.2. The molecular formula is C13H8O3. The summed E-state index contributed by atoms with van der Waals surface area (Å²) in [5.41, 5.74) is 0.988. The van der Waals surface area contributed by atoms with E-state index in [1.165, 1.54) is 12.1 Å². The molecule has 16 heavy (non-hydrogen) atoms. The Morgan fingerprint density at radius 2 is 1.88 bits per heavy atom. The van der Waals surface area contributed by atoms with Crippen molar-refractivity contribution in [3.8, 4) is 17.1 Å². The van der Waals surface area contributed by atoms with Crippen LogP contribution in [0.3, 0.4) is 0 Å². The minimum atomic E-state index is -0.133. The van der Waals surface area contributed by atoms with Crippen LogP contribution in [0.15, 0.2) is 51.7 Å². The average Bonchev–Trinajstić information content (AvgIpc) is 2.29. The molecule has 3 nitrogen and oxygen atoms in total. The van der Waals surface area contributed by atoms with Crippen LogP contribution in [0.25, 0.3) is 22.3 Å². The van der Waals surface area contributed by atoms with Gasteiger partial charge in [0.15, 0.2) is 5.43 Å². The van der Waals surface area contributed by atoms with Gasteiger partial charge in [-0.05, 0) is 24.3 Å². The third-order valence-corrected chi connectivity index (χ3v) is 2.57. The lowest BCUT2D eigenvalue weighted by Crippen LogP contribution is -1.97. The number of fused-ring (bicyclic) bond motifs is 2. The molecule has 1 aliphatic carbocycles. The zero-order valence-electron chi connectivity index (χ0n) is 8.31. The van der Waals surface area contributed by atoms with Gasteiger partial charge in [-0.3, -0.25) is 4.79 Å². The number of hydrogen-bond donors (Lipinski definition) is 1. The number of para-hydroxylation sites is 1. The third kappa shape index (κ3) is 1.18. The number of hydrogen-bond acceptors (Lipinski definition) is 3. The van der Waals surface area contributed by atoms with Gasteiger partial charge in [-0.15, -0.1) is 0 Å². The van der Waals surface area contributed by atoms with Crippen LogP contribution < -0.4 is 5.43 Å². The molecule has 78 valence electrons. The maximum absolute atomic E-state index is 11.2. The van der Waals surface area contributed by atoms with E-state index in [0.29, 0.717) is 22.3 Å². The van der Waals surface area contributed by atoms with E-state index in [4.69, 9.17) is 4.42 Å². The normalized spacial score (nSPS) is 11.0. The molecule has 0 aromatic heterocycles. The molecular weight excluding hydrogens is 204 g/mol. The van der Waals surface area contributed by atoms with Gasteiger partial charge in [0.1, 0.15) is 17.1 Å². The predicted molar refractivity (Wildman–Crippen MR) is 60.8 cm³/mol. The van der Waals surface area contributed by atoms with E-state index < -0.39 is 0 Å². The monoisotopic (exact) mass is 212 g/mol. The van der Waals surface area contributed by atoms with Crippen molar-refractivity contribution in [1.29, 1.82) is 0 Å². The summed E-state index contributed by atoms with van der Waals surface area (Å²) in [6, 6.07) is 11.5. The minimum absolute atomic E-state index is 0.133. The van der Waals surface area contributed by atoms with Gasteiger partial charge in [0, 0.05) is 6.07 Å². The molecule has 0 spiro atoms. The smallest absolute Gasteiger partial charge is 0.182 e. The summed E-state index contributed by atoms with van der Waals surface area (Å²) in [6.07, 6.45) is 0. The zero-order valence-corrected chi connectivity index (χ0v) is 8.31. The standard InChI is InChI=1S/C13H8O3/c14-8-5-6-10-12(7-8)16-11-4-2-1-3-9(11)13(10)15/h1-7,15H. The van der Waals surface area contributed by atoms with Crippen molar-refractivity contribution in [2.75, 3.05) is 0 Å². The van der Waals surface area contributed by atoms with E-state index in [1.54, 1.807) is 18.2 Å². The van der Waals surface area contributed by atoms with E-state index in [9.17, 15) is 9.90 Å². The van der Waals surface area contributed by atoms with Crippen LogP contribution in [0.4, 0.5) is 0 Å². The Hall–Kier alpha value is -2.29. The molecule has 0 amide bonds. The Morgan fingerprint density at radius 1 is 1.06 bits per heavy atom.